The highest BCUT2D eigenvalue weighted by Crippen LogP contribution is 2.33. The summed E-state index contributed by atoms with van der Waals surface area (Å²) in [5, 5.41) is 9.55. The number of nitrogens with zero attached hydrogens (tertiary/aromatic N) is 1. The van der Waals surface area contributed by atoms with Crippen molar-refractivity contribution in [2.75, 3.05) is 6.54 Å². The quantitative estimate of drug-likeness (QED) is 0.790. The minimum absolute atomic E-state index is 0.125. The highest BCUT2D eigenvalue weighted by Gasteiger charge is 2.37. The molecule has 2 fully saturated rings. The average Bonchev–Trinajstić information content (AvgIpc) is 2.65. The van der Waals surface area contributed by atoms with Gasteiger partial charge >= 0.3 is 5.97 Å². The van der Waals surface area contributed by atoms with E-state index < -0.39 is 5.97 Å². The molecule has 0 bridgehead atoms. The summed E-state index contributed by atoms with van der Waals surface area (Å²) in [6, 6.07) is 0.945. The van der Waals surface area contributed by atoms with Crippen molar-refractivity contribution < 1.29 is 9.90 Å². The molecule has 0 aromatic rings. The maximum absolute atomic E-state index is 11.6. The molecule has 1 saturated carbocycles. The number of piperidine rings is 1. The number of hydrogen-bond donors (Lipinski definition) is 1. The molecule has 0 aromatic carbocycles. The van der Waals surface area contributed by atoms with Crippen LogP contribution in [0.4, 0.5) is 0 Å². The molecule has 19 heavy (non-hydrogen) atoms. The Morgan fingerprint density at radius 2 is 1.84 bits per heavy atom. The van der Waals surface area contributed by atoms with E-state index in [0.717, 1.165) is 25.8 Å². The molecule has 3 nitrogen and oxygen atoms in total. The van der Waals surface area contributed by atoms with Crippen molar-refractivity contribution in [1.82, 2.24) is 4.90 Å². The second-order valence-electron chi connectivity index (χ2n) is 6.33. The van der Waals surface area contributed by atoms with E-state index in [9.17, 15) is 9.90 Å². The first-order valence-corrected chi connectivity index (χ1v) is 8.22. The lowest BCUT2D eigenvalue weighted by atomic mass is 9.88. The Kier molecular flexibility index (Phi) is 5.68. The van der Waals surface area contributed by atoms with Crippen LogP contribution in [0.25, 0.3) is 0 Å². The standard InChI is InChI=1S/C16H29NO2/c1-2-8-13-9-6-7-12-17(13)15-11-5-3-4-10-14(15)16(18)19/h13-15H,2-12H2,1H3,(H,18,19). The Morgan fingerprint density at radius 3 is 2.58 bits per heavy atom. The van der Waals surface area contributed by atoms with Gasteiger partial charge in [0.1, 0.15) is 0 Å². The fraction of sp³-hybridized carbons (Fsp3) is 0.938. The van der Waals surface area contributed by atoms with Crippen LogP contribution in [-0.2, 0) is 4.79 Å². The molecule has 0 spiro atoms. The van der Waals surface area contributed by atoms with Crippen molar-refractivity contribution in [3.05, 3.63) is 0 Å². The minimum atomic E-state index is -0.562. The van der Waals surface area contributed by atoms with E-state index in [1.165, 1.54) is 44.9 Å². The summed E-state index contributed by atoms with van der Waals surface area (Å²) >= 11 is 0. The third-order valence-corrected chi connectivity index (χ3v) is 5.02. The second kappa shape index (κ2) is 7.28. The van der Waals surface area contributed by atoms with Crippen molar-refractivity contribution in [3.63, 3.8) is 0 Å². The van der Waals surface area contributed by atoms with Crippen LogP contribution in [0.5, 0.6) is 0 Å². The summed E-state index contributed by atoms with van der Waals surface area (Å²) in [5.74, 6) is -0.687. The molecule has 1 aliphatic heterocycles. The van der Waals surface area contributed by atoms with Gasteiger partial charge in [0.05, 0.1) is 5.92 Å². The molecule has 1 heterocycles. The topological polar surface area (TPSA) is 40.5 Å². The van der Waals surface area contributed by atoms with Gasteiger partial charge in [0, 0.05) is 12.1 Å². The number of rotatable bonds is 4. The number of aliphatic carboxylic acids is 1. The van der Waals surface area contributed by atoms with Crippen molar-refractivity contribution in [2.45, 2.75) is 83.2 Å². The van der Waals surface area contributed by atoms with E-state index in [2.05, 4.69) is 11.8 Å². The van der Waals surface area contributed by atoms with E-state index >= 15 is 0 Å². The van der Waals surface area contributed by atoms with Gasteiger partial charge in [-0.2, -0.15) is 0 Å². The van der Waals surface area contributed by atoms with Crippen LogP contribution in [0, 0.1) is 5.92 Å². The highest BCUT2D eigenvalue weighted by atomic mass is 16.4. The molecule has 0 radical (unpaired) electrons. The van der Waals surface area contributed by atoms with Crippen LogP contribution >= 0.6 is 0 Å². The van der Waals surface area contributed by atoms with Gasteiger partial charge in [0.2, 0.25) is 0 Å². The Hall–Kier alpha value is -0.570. The molecule has 2 rings (SSSR count). The van der Waals surface area contributed by atoms with Gasteiger partial charge in [-0.3, -0.25) is 9.69 Å². The number of hydrogen-bond acceptors (Lipinski definition) is 2. The first kappa shape index (κ1) is 14.8. The Balaban J connectivity index is 2.11. The van der Waals surface area contributed by atoms with Gasteiger partial charge in [0.15, 0.2) is 0 Å². The third kappa shape index (κ3) is 3.71. The second-order valence-corrected chi connectivity index (χ2v) is 6.33. The number of likely N-dealkylation sites (tertiary alicyclic amines) is 1. The summed E-state index contributed by atoms with van der Waals surface area (Å²) in [6.07, 6.45) is 11.8. The zero-order valence-electron chi connectivity index (χ0n) is 12.3. The zero-order chi connectivity index (χ0) is 13.7. The van der Waals surface area contributed by atoms with E-state index in [4.69, 9.17) is 0 Å². The molecule has 110 valence electrons. The lowest BCUT2D eigenvalue weighted by molar-refractivity contribution is -0.145. The Morgan fingerprint density at radius 1 is 1.11 bits per heavy atom. The molecule has 0 aromatic heterocycles. The lowest BCUT2D eigenvalue weighted by Crippen LogP contribution is -2.50. The summed E-state index contributed by atoms with van der Waals surface area (Å²) in [6.45, 7) is 3.37. The van der Waals surface area contributed by atoms with Gasteiger partial charge < -0.3 is 5.11 Å². The first-order chi connectivity index (χ1) is 9.24. The lowest BCUT2D eigenvalue weighted by Gasteiger charge is -2.43. The smallest absolute Gasteiger partial charge is 0.308 e. The van der Waals surface area contributed by atoms with E-state index in [1.54, 1.807) is 0 Å². The van der Waals surface area contributed by atoms with Gasteiger partial charge in [-0.05, 0) is 38.6 Å². The Bertz CT molecular complexity index is 290. The average molecular weight is 267 g/mol. The number of carboxylic acid groups (broad SMARTS) is 1. The molecule has 1 aliphatic carbocycles. The van der Waals surface area contributed by atoms with Crippen LogP contribution in [-0.4, -0.2) is 34.6 Å². The zero-order valence-corrected chi connectivity index (χ0v) is 12.3. The normalized spacial score (nSPS) is 33.8. The van der Waals surface area contributed by atoms with Crippen LogP contribution in [0.3, 0.4) is 0 Å². The van der Waals surface area contributed by atoms with Crippen LogP contribution < -0.4 is 0 Å². The molecule has 1 saturated heterocycles. The van der Waals surface area contributed by atoms with E-state index in [1.807, 2.05) is 0 Å². The van der Waals surface area contributed by atoms with Crippen LogP contribution in [0.1, 0.15) is 71.1 Å². The van der Waals surface area contributed by atoms with Gasteiger partial charge in [-0.15, -0.1) is 0 Å². The largest absolute Gasteiger partial charge is 0.481 e. The number of carbonyl (C=O) groups is 1. The van der Waals surface area contributed by atoms with Crippen LogP contribution in [0.15, 0.2) is 0 Å². The van der Waals surface area contributed by atoms with Crippen molar-refractivity contribution in [2.24, 2.45) is 5.92 Å². The van der Waals surface area contributed by atoms with Gasteiger partial charge in [-0.25, -0.2) is 0 Å². The molecule has 2 aliphatic rings. The minimum Gasteiger partial charge on any atom is -0.481 e. The molecule has 3 atom stereocenters. The summed E-state index contributed by atoms with van der Waals surface area (Å²) in [5.41, 5.74) is 0. The van der Waals surface area contributed by atoms with E-state index in [0.29, 0.717) is 12.1 Å². The first-order valence-electron chi connectivity index (χ1n) is 8.22. The summed E-state index contributed by atoms with van der Waals surface area (Å²) < 4.78 is 0. The predicted molar refractivity (Wildman–Crippen MR) is 77.3 cm³/mol. The molecule has 0 amide bonds. The maximum atomic E-state index is 11.6. The maximum Gasteiger partial charge on any atom is 0.308 e. The number of carboxylic acids is 1. The summed E-state index contributed by atoms with van der Waals surface area (Å²) in [4.78, 5) is 14.2. The molecular formula is C16H29NO2. The molecule has 3 unspecified atom stereocenters. The van der Waals surface area contributed by atoms with Crippen LogP contribution in [0.2, 0.25) is 0 Å². The van der Waals surface area contributed by atoms with Crippen molar-refractivity contribution in [1.29, 1.82) is 0 Å². The fourth-order valence-corrected chi connectivity index (χ4v) is 4.08. The predicted octanol–water partition coefficient (Wildman–Crippen LogP) is 3.67. The third-order valence-electron chi connectivity index (χ3n) is 5.02. The fourth-order valence-electron chi connectivity index (χ4n) is 4.08. The van der Waals surface area contributed by atoms with Crippen molar-refractivity contribution >= 4 is 5.97 Å². The summed E-state index contributed by atoms with van der Waals surface area (Å²) in [7, 11) is 0. The highest BCUT2D eigenvalue weighted by molar-refractivity contribution is 5.71. The van der Waals surface area contributed by atoms with E-state index in [-0.39, 0.29) is 5.92 Å². The molecule has 1 N–H and O–H groups in total. The van der Waals surface area contributed by atoms with Crippen molar-refractivity contribution in [3.8, 4) is 0 Å². The molecular weight excluding hydrogens is 238 g/mol. The monoisotopic (exact) mass is 267 g/mol. The Labute approximate surface area is 117 Å². The van der Waals surface area contributed by atoms with Gasteiger partial charge in [-0.1, -0.05) is 39.0 Å². The van der Waals surface area contributed by atoms with Gasteiger partial charge in [0.25, 0.3) is 0 Å². The molecule has 3 heteroatoms. The SMILES string of the molecule is CCCC1CCCCN1C1CCCCCC1C(=O)O.